The Labute approximate surface area is 227 Å². The lowest BCUT2D eigenvalue weighted by molar-refractivity contribution is 0.0630. The number of hydrogen-bond donors (Lipinski definition) is 0. The number of ether oxygens (including phenoxy) is 1. The van der Waals surface area contributed by atoms with Crippen molar-refractivity contribution in [1.82, 2.24) is 14.8 Å². The van der Waals surface area contributed by atoms with Gasteiger partial charge in [-0.05, 0) is 53.4 Å². The Kier molecular flexibility index (Phi) is 7.58. The Morgan fingerprint density at radius 3 is 2.41 bits per heavy atom. The van der Waals surface area contributed by atoms with Crippen molar-refractivity contribution >= 4 is 32.7 Å². The number of pyridine rings is 1. The fourth-order valence-electron chi connectivity index (χ4n) is 4.91. The molecule has 190 valence electrons. The SMILES string of the molecule is COc1ccccc1-c1cc(C(=O)N2CCN(Cc3ccc(C(C)C)cc3)CC2)c2cc(Br)ccc2n1. The average molecular weight is 559 g/mol. The van der Waals surface area contributed by atoms with Crippen molar-refractivity contribution in [1.29, 1.82) is 0 Å². The fraction of sp³-hybridized carbons (Fsp3) is 0.290. The van der Waals surface area contributed by atoms with E-state index in [1.54, 1.807) is 7.11 Å². The molecule has 1 amide bonds. The number of nitrogens with zero attached hydrogens (tertiary/aromatic N) is 3. The minimum absolute atomic E-state index is 0.0441. The van der Waals surface area contributed by atoms with Crippen LogP contribution in [0.15, 0.2) is 77.3 Å². The van der Waals surface area contributed by atoms with Crippen LogP contribution in [0.3, 0.4) is 0 Å². The normalized spacial score (nSPS) is 14.4. The number of halogens is 1. The van der Waals surface area contributed by atoms with Crippen LogP contribution in [0, 0.1) is 0 Å². The molecule has 0 atom stereocenters. The number of amides is 1. The van der Waals surface area contributed by atoms with Gasteiger partial charge in [-0.3, -0.25) is 9.69 Å². The van der Waals surface area contributed by atoms with Crippen molar-refractivity contribution in [2.45, 2.75) is 26.3 Å². The molecule has 0 spiro atoms. The quantitative estimate of drug-likeness (QED) is 0.263. The topological polar surface area (TPSA) is 45.7 Å². The first kappa shape index (κ1) is 25.4. The van der Waals surface area contributed by atoms with Crippen LogP contribution in [0.25, 0.3) is 22.2 Å². The lowest BCUT2D eigenvalue weighted by Crippen LogP contribution is -2.48. The Morgan fingerprint density at radius 2 is 1.70 bits per heavy atom. The van der Waals surface area contributed by atoms with Gasteiger partial charge in [-0.1, -0.05) is 66.2 Å². The first-order valence-corrected chi connectivity index (χ1v) is 13.6. The third-order valence-electron chi connectivity index (χ3n) is 7.10. The molecule has 1 aliphatic heterocycles. The molecule has 37 heavy (non-hydrogen) atoms. The summed E-state index contributed by atoms with van der Waals surface area (Å²) in [6.45, 7) is 8.44. The maximum atomic E-state index is 13.9. The molecule has 1 fully saturated rings. The molecule has 1 saturated heterocycles. The second kappa shape index (κ2) is 11.0. The van der Waals surface area contributed by atoms with Crippen LogP contribution < -0.4 is 4.74 Å². The molecule has 0 aliphatic carbocycles. The molecule has 0 saturated carbocycles. The molecule has 4 aromatic rings. The second-order valence-corrected chi connectivity index (χ2v) is 10.8. The maximum Gasteiger partial charge on any atom is 0.254 e. The van der Waals surface area contributed by atoms with Crippen LogP contribution in [0.1, 0.15) is 41.3 Å². The zero-order valence-electron chi connectivity index (χ0n) is 21.6. The van der Waals surface area contributed by atoms with Crippen molar-refractivity contribution in [3.05, 3.63) is 94.0 Å². The van der Waals surface area contributed by atoms with E-state index in [0.717, 1.165) is 52.0 Å². The Bertz CT molecular complexity index is 1410. The zero-order valence-corrected chi connectivity index (χ0v) is 23.2. The van der Waals surface area contributed by atoms with Crippen LogP contribution in [0.2, 0.25) is 0 Å². The van der Waals surface area contributed by atoms with E-state index in [2.05, 4.69) is 58.9 Å². The Hall–Kier alpha value is -3.22. The van der Waals surface area contributed by atoms with Gasteiger partial charge < -0.3 is 9.64 Å². The largest absolute Gasteiger partial charge is 0.496 e. The second-order valence-electron chi connectivity index (χ2n) is 9.88. The zero-order chi connectivity index (χ0) is 25.9. The molecule has 5 nitrogen and oxygen atoms in total. The van der Waals surface area contributed by atoms with E-state index in [1.165, 1.54) is 11.1 Å². The first-order valence-electron chi connectivity index (χ1n) is 12.8. The van der Waals surface area contributed by atoms with Gasteiger partial charge in [-0.25, -0.2) is 4.98 Å². The van der Waals surface area contributed by atoms with Crippen LogP contribution >= 0.6 is 15.9 Å². The smallest absolute Gasteiger partial charge is 0.254 e. The lowest BCUT2D eigenvalue weighted by Gasteiger charge is -2.35. The molecule has 2 heterocycles. The highest BCUT2D eigenvalue weighted by Crippen LogP contribution is 2.33. The fourth-order valence-corrected chi connectivity index (χ4v) is 5.28. The summed E-state index contributed by atoms with van der Waals surface area (Å²) < 4.78 is 6.50. The summed E-state index contributed by atoms with van der Waals surface area (Å²) in [5.74, 6) is 1.32. The van der Waals surface area contributed by atoms with E-state index in [0.29, 0.717) is 24.6 Å². The first-order chi connectivity index (χ1) is 17.9. The molecule has 6 heteroatoms. The van der Waals surface area contributed by atoms with Gasteiger partial charge in [0, 0.05) is 48.1 Å². The van der Waals surface area contributed by atoms with E-state index in [4.69, 9.17) is 9.72 Å². The number of para-hydroxylation sites is 1. The predicted octanol–water partition coefficient (Wildman–Crippen LogP) is 6.75. The molecule has 0 bridgehead atoms. The molecule has 0 N–H and O–H groups in total. The van der Waals surface area contributed by atoms with Gasteiger partial charge in [0.15, 0.2) is 0 Å². The third-order valence-corrected chi connectivity index (χ3v) is 7.59. The van der Waals surface area contributed by atoms with Crippen molar-refractivity contribution in [3.63, 3.8) is 0 Å². The van der Waals surface area contributed by atoms with Gasteiger partial charge in [0.1, 0.15) is 5.75 Å². The highest BCUT2D eigenvalue weighted by molar-refractivity contribution is 9.10. The standard InChI is InChI=1S/C31H32BrN3O2/c1-21(2)23-10-8-22(9-11-23)20-34-14-16-35(17-15-34)31(36)27-19-29(25-6-4-5-7-30(25)37-3)33-28-13-12-24(32)18-26(27)28/h4-13,18-19,21H,14-17,20H2,1-3H3. The monoisotopic (exact) mass is 557 g/mol. The highest BCUT2D eigenvalue weighted by atomic mass is 79.9. The van der Waals surface area contributed by atoms with Crippen molar-refractivity contribution in [2.24, 2.45) is 0 Å². The van der Waals surface area contributed by atoms with Crippen molar-refractivity contribution in [3.8, 4) is 17.0 Å². The number of methoxy groups -OCH3 is 1. The summed E-state index contributed by atoms with van der Waals surface area (Å²) in [5, 5.41) is 0.852. The van der Waals surface area contributed by atoms with E-state index < -0.39 is 0 Å². The number of fused-ring (bicyclic) bond motifs is 1. The predicted molar refractivity (Wildman–Crippen MR) is 153 cm³/mol. The summed E-state index contributed by atoms with van der Waals surface area (Å²) in [6.07, 6.45) is 0. The number of piperazine rings is 1. The van der Waals surface area contributed by atoms with E-state index >= 15 is 0 Å². The van der Waals surface area contributed by atoms with Crippen molar-refractivity contribution in [2.75, 3.05) is 33.3 Å². The Balaban J connectivity index is 1.37. The summed E-state index contributed by atoms with van der Waals surface area (Å²) in [5.41, 5.74) is 5.75. The molecular weight excluding hydrogens is 526 g/mol. The highest BCUT2D eigenvalue weighted by Gasteiger charge is 2.25. The molecule has 0 unspecified atom stereocenters. The molecule has 1 aromatic heterocycles. The van der Waals surface area contributed by atoms with Gasteiger partial charge >= 0.3 is 0 Å². The van der Waals surface area contributed by atoms with E-state index in [9.17, 15) is 4.79 Å². The van der Waals surface area contributed by atoms with E-state index in [-0.39, 0.29) is 5.91 Å². The van der Waals surface area contributed by atoms with Crippen molar-refractivity contribution < 1.29 is 9.53 Å². The minimum Gasteiger partial charge on any atom is -0.496 e. The minimum atomic E-state index is 0.0441. The van der Waals surface area contributed by atoms with Crippen LogP contribution in [-0.2, 0) is 6.54 Å². The summed E-state index contributed by atoms with van der Waals surface area (Å²) >= 11 is 3.57. The van der Waals surface area contributed by atoms with Crippen LogP contribution in [0.5, 0.6) is 5.75 Å². The molecular formula is C31H32BrN3O2. The summed E-state index contributed by atoms with van der Waals surface area (Å²) in [7, 11) is 1.65. The number of rotatable bonds is 6. The third kappa shape index (κ3) is 5.55. The molecule has 3 aromatic carbocycles. The lowest BCUT2D eigenvalue weighted by atomic mass is 10.0. The molecule has 1 aliphatic rings. The van der Waals surface area contributed by atoms with Gasteiger partial charge in [-0.15, -0.1) is 0 Å². The average Bonchev–Trinajstić information content (AvgIpc) is 2.93. The summed E-state index contributed by atoms with van der Waals surface area (Å²) in [6, 6.07) is 24.5. The number of benzene rings is 3. The molecule has 0 radical (unpaired) electrons. The van der Waals surface area contributed by atoms with Gasteiger partial charge in [0.2, 0.25) is 0 Å². The number of carbonyl (C=O) groups excluding carboxylic acids is 1. The number of hydrogen-bond acceptors (Lipinski definition) is 4. The number of carbonyl (C=O) groups is 1. The van der Waals surface area contributed by atoms with Crippen LogP contribution in [0.4, 0.5) is 0 Å². The van der Waals surface area contributed by atoms with Crippen LogP contribution in [-0.4, -0.2) is 54.0 Å². The number of aromatic nitrogens is 1. The molecule has 5 rings (SSSR count). The van der Waals surface area contributed by atoms with Gasteiger partial charge in [-0.2, -0.15) is 0 Å². The summed E-state index contributed by atoms with van der Waals surface area (Å²) in [4.78, 5) is 23.1. The Morgan fingerprint density at radius 1 is 0.973 bits per heavy atom. The van der Waals surface area contributed by atoms with Gasteiger partial charge in [0.25, 0.3) is 5.91 Å². The van der Waals surface area contributed by atoms with Gasteiger partial charge in [0.05, 0.1) is 23.9 Å². The maximum absolute atomic E-state index is 13.9. The van der Waals surface area contributed by atoms with E-state index in [1.807, 2.05) is 53.4 Å².